The lowest BCUT2D eigenvalue weighted by Gasteiger charge is -2.29. The highest BCUT2D eigenvalue weighted by atomic mass is 31.2. The van der Waals surface area contributed by atoms with Gasteiger partial charge >= 0.3 is 0 Å². The fourth-order valence-electron chi connectivity index (χ4n) is 9.88. The number of phosphoric acid groups is 1. The molecule has 1 amide bonds. The highest BCUT2D eigenvalue weighted by Crippen LogP contribution is 2.38. The van der Waals surface area contributed by atoms with Crippen LogP contribution in [0, 0.1) is 0 Å². The molecule has 0 radical (unpaired) electrons. The van der Waals surface area contributed by atoms with Crippen LogP contribution in [-0.4, -0.2) is 68.5 Å². The summed E-state index contributed by atoms with van der Waals surface area (Å²) in [6.07, 6.45) is 71.8. The van der Waals surface area contributed by atoms with E-state index in [1.54, 1.807) is 6.08 Å². The highest BCUT2D eigenvalue weighted by molar-refractivity contribution is 7.45. The molecule has 0 fully saturated rings. The number of rotatable bonds is 60. The van der Waals surface area contributed by atoms with Crippen LogP contribution in [0.15, 0.2) is 24.3 Å². The molecule has 0 aliphatic heterocycles. The van der Waals surface area contributed by atoms with Crippen LogP contribution in [0.4, 0.5) is 0 Å². The van der Waals surface area contributed by atoms with E-state index in [0.29, 0.717) is 17.4 Å². The van der Waals surface area contributed by atoms with Crippen molar-refractivity contribution >= 4 is 13.7 Å². The van der Waals surface area contributed by atoms with Crippen molar-refractivity contribution in [2.75, 3.05) is 40.9 Å². The van der Waals surface area contributed by atoms with E-state index in [1.807, 2.05) is 27.2 Å². The van der Waals surface area contributed by atoms with Crippen LogP contribution in [-0.2, 0) is 18.4 Å². The van der Waals surface area contributed by atoms with E-state index >= 15 is 0 Å². The van der Waals surface area contributed by atoms with Crippen molar-refractivity contribution in [1.29, 1.82) is 0 Å². The van der Waals surface area contributed by atoms with Crippen LogP contribution in [0.2, 0.25) is 0 Å². The molecule has 3 atom stereocenters. The molecule has 0 bridgehead atoms. The van der Waals surface area contributed by atoms with Gasteiger partial charge in [0.2, 0.25) is 5.91 Å². The molecule has 0 aliphatic carbocycles. The quantitative estimate of drug-likeness (QED) is 0.0272. The summed E-state index contributed by atoms with van der Waals surface area (Å²) in [4.78, 5) is 25.4. The SMILES string of the molecule is CCCCCCCC/C=C/CC/C=C/C(O)C(COP(=O)([O-])OCC[N+](C)(C)C)NC(=O)CCCCCCCCCCCCCCCCCCCCCCCCCCCCCCCCCCCCCCCCC. The number of nitrogens with one attached hydrogen (secondary N) is 1. The summed E-state index contributed by atoms with van der Waals surface area (Å²) >= 11 is 0. The average Bonchev–Trinajstić information content (AvgIpc) is 3.35. The van der Waals surface area contributed by atoms with E-state index in [0.717, 1.165) is 38.5 Å². The Labute approximate surface area is 455 Å². The molecule has 8 nitrogen and oxygen atoms in total. The molecule has 0 aromatic carbocycles. The first-order chi connectivity index (χ1) is 35.5. The number of nitrogens with zero attached hydrogens (tertiary/aromatic N) is 1. The molecule has 73 heavy (non-hydrogen) atoms. The molecular formula is C64H127N2O6P. The van der Waals surface area contributed by atoms with Gasteiger partial charge in [-0.3, -0.25) is 9.36 Å². The molecule has 0 aromatic rings. The summed E-state index contributed by atoms with van der Waals surface area (Å²) in [6, 6.07) is -0.899. The van der Waals surface area contributed by atoms with Gasteiger partial charge in [-0.1, -0.05) is 314 Å². The predicted molar refractivity (Wildman–Crippen MR) is 316 cm³/mol. The largest absolute Gasteiger partial charge is 0.756 e. The maximum Gasteiger partial charge on any atom is 0.268 e. The van der Waals surface area contributed by atoms with Crippen molar-refractivity contribution < 1.29 is 32.9 Å². The number of unbranched alkanes of at least 4 members (excludes halogenated alkanes) is 45. The lowest BCUT2D eigenvalue weighted by molar-refractivity contribution is -0.870. The zero-order chi connectivity index (χ0) is 53.5. The Morgan fingerprint density at radius 1 is 0.466 bits per heavy atom. The van der Waals surface area contributed by atoms with Gasteiger partial charge in [0.15, 0.2) is 0 Å². The van der Waals surface area contributed by atoms with Crippen LogP contribution in [0.1, 0.15) is 328 Å². The molecule has 0 rings (SSSR count). The standard InChI is InChI=1S/C64H127N2O6P/c1-6-8-10-12-14-16-18-20-21-22-23-24-25-26-27-28-29-30-31-32-33-34-35-36-37-38-39-40-41-42-43-44-45-46-48-50-52-54-56-58-64(68)65-62(61-72-73(69,70)71-60-59-66(3,4)5)63(67)57-55-53-51-49-47-19-17-15-13-11-9-7-2/h47,49,55,57,62-63,67H,6-46,48,50-54,56,58-61H2,1-5H3,(H-,65,68,69,70)/b49-47+,57-55+. The van der Waals surface area contributed by atoms with Crippen molar-refractivity contribution in [2.45, 2.75) is 341 Å². The van der Waals surface area contributed by atoms with Crippen molar-refractivity contribution in [3.05, 3.63) is 24.3 Å². The molecule has 0 aliphatic rings. The monoisotopic (exact) mass is 1050 g/mol. The van der Waals surface area contributed by atoms with Gasteiger partial charge in [0.1, 0.15) is 13.2 Å². The molecule has 0 saturated heterocycles. The highest BCUT2D eigenvalue weighted by Gasteiger charge is 2.23. The molecule has 2 N–H and O–H groups in total. The third-order valence-electron chi connectivity index (χ3n) is 14.9. The molecule has 9 heteroatoms. The van der Waals surface area contributed by atoms with Gasteiger partial charge in [0.05, 0.1) is 39.9 Å². The molecule has 0 spiro atoms. The number of phosphoric ester groups is 1. The summed E-state index contributed by atoms with van der Waals surface area (Å²) in [7, 11) is 1.26. The number of hydrogen-bond donors (Lipinski definition) is 2. The first-order valence-electron chi connectivity index (χ1n) is 32.2. The summed E-state index contributed by atoms with van der Waals surface area (Å²) in [6.45, 7) is 4.65. The first kappa shape index (κ1) is 72.0. The van der Waals surface area contributed by atoms with Gasteiger partial charge in [-0.25, -0.2) is 0 Å². The van der Waals surface area contributed by atoms with Gasteiger partial charge in [-0.05, 0) is 32.1 Å². The minimum atomic E-state index is -4.60. The summed E-state index contributed by atoms with van der Waals surface area (Å²) in [5.41, 5.74) is 0. The maximum atomic E-state index is 12.9. The van der Waals surface area contributed by atoms with E-state index in [2.05, 4.69) is 31.3 Å². The number of aliphatic hydroxyl groups is 1. The molecule has 0 heterocycles. The number of aliphatic hydroxyl groups excluding tert-OH is 1. The number of hydrogen-bond acceptors (Lipinski definition) is 6. The number of carbonyl (C=O) groups excluding carboxylic acids is 1. The van der Waals surface area contributed by atoms with Crippen LogP contribution in [0.5, 0.6) is 0 Å². The Morgan fingerprint density at radius 2 is 0.767 bits per heavy atom. The van der Waals surface area contributed by atoms with Crippen LogP contribution in [0.25, 0.3) is 0 Å². The van der Waals surface area contributed by atoms with Crippen LogP contribution in [0.3, 0.4) is 0 Å². The van der Waals surface area contributed by atoms with Gasteiger partial charge in [0.25, 0.3) is 7.82 Å². The van der Waals surface area contributed by atoms with E-state index in [9.17, 15) is 19.4 Å². The minimum Gasteiger partial charge on any atom is -0.756 e. The second-order valence-corrected chi connectivity index (χ2v) is 24.9. The third-order valence-corrected chi connectivity index (χ3v) is 15.9. The van der Waals surface area contributed by atoms with Crippen molar-refractivity contribution in [3.63, 3.8) is 0 Å². The smallest absolute Gasteiger partial charge is 0.268 e. The molecule has 0 saturated carbocycles. The number of amides is 1. The zero-order valence-electron chi connectivity index (χ0n) is 49.6. The number of allylic oxidation sites excluding steroid dienone is 3. The predicted octanol–water partition coefficient (Wildman–Crippen LogP) is 19.3. The van der Waals surface area contributed by atoms with Gasteiger partial charge in [0, 0.05) is 6.42 Å². The van der Waals surface area contributed by atoms with Crippen LogP contribution < -0.4 is 10.2 Å². The van der Waals surface area contributed by atoms with E-state index in [4.69, 9.17) is 9.05 Å². The van der Waals surface area contributed by atoms with Gasteiger partial charge < -0.3 is 28.8 Å². The van der Waals surface area contributed by atoms with E-state index < -0.39 is 20.0 Å². The fourth-order valence-corrected chi connectivity index (χ4v) is 10.6. The second-order valence-electron chi connectivity index (χ2n) is 23.5. The minimum absolute atomic E-state index is 0.00404. The third kappa shape index (κ3) is 58.5. The van der Waals surface area contributed by atoms with Crippen LogP contribution >= 0.6 is 7.82 Å². The fraction of sp³-hybridized carbons (Fsp3) is 0.922. The molecular weight excluding hydrogens is 924 g/mol. The number of quaternary nitrogens is 1. The zero-order valence-corrected chi connectivity index (χ0v) is 50.5. The van der Waals surface area contributed by atoms with Crippen molar-refractivity contribution in [2.24, 2.45) is 0 Å². The maximum absolute atomic E-state index is 12.9. The molecule has 0 aromatic heterocycles. The van der Waals surface area contributed by atoms with Gasteiger partial charge in [-0.2, -0.15) is 0 Å². The Kier molecular flexibility index (Phi) is 54.9. The van der Waals surface area contributed by atoms with E-state index in [1.165, 1.54) is 270 Å². The summed E-state index contributed by atoms with van der Waals surface area (Å²) in [5.74, 6) is -0.202. The summed E-state index contributed by atoms with van der Waals surface area (Å²) in [5, 5.41) is 13.8. The summed E-state index contributed by atoms with van der Waals surface area (Å²) < 4.78 is 23.3. The average molecular weight is 1050 g/mol. The Morgan fingerprint density at radius 3 is 1.11 bits per heavy atom. The lowest BCUT2D eigenvalue weighted by atomic mass is 10.0. The lowest BCUT2D eigenvalue weighted by Crippen LogP contribution is -2.45. The normalized spacial score (nSPS) is 13.9. The topological polar surface area (TPSA) is 108 Å². The van der Waals surface area contributed by atoms with E-state index in [-0.39, 0.29) is 19.1 Å². The van der Waals surface area contributed by atoms with Gasteiger partial charge in [-0.15, -0.1) is 0 Å². The Balaban J connectivity index is 3.82. The molecule has 3 unspecified atom stereocenters. The number of likely N-dealkylation sites (N-methyl/N-ethyl adjacent to an activating group) is 1. The van der Waals surface area contributed by atoms with Crippen molar-refractivity contribution in [1.82, 2.24) is 5.32 Å². The molecule has 434 valence electrons. The number of carbonyl (C=O) groups is 1. The Hall–Kier alpha value is -1.02. The van der Waals surface area contributed by atoms with Crippen molar-refractivity contribution in [3.8, 4) is 0 Å². The Bertz CT molecular complexity index is 1240. The first-order valence-corrected chi connectivity index (χ1v) is 33.7. The second kappa shape index (κ2) is 55.7.